The molecule has 1 N–H and O–H groups in total. The van der Waals surface area contributed by atoms with Crippen LogP contribution in [-0.2, 0) is 16.0 Å². The third-order valence-corrected chi connectivity index (χ3v) is 4.30. The molecule has 0 spiro atoms. The van der Waals surface area contributed by atoms with Crippen LogP contribution in [0.25, 0.3) is 10.8 Å². The van der Waals surface area contributed by atoms with Crippen LogP contribution < -0.4 is 5.32 Å². The van der Waals surface area contributed by atoms with Gasteiger partial charge in [-0.25, -0.2) is 4.79 Å². The van der Waals surface area contributed by atoms with Crippen LogP contribution >= 0.6 is 0 Å². The van der Waals surface area contributed by atoms with Crippen molar-refractivity contribution in [2.75, 3.05) is 7.11 Å². The Morgan fingerprint density at radius 2 is 1.81 bits per heavy atom. The molecule has 134 valence electrons. The van der Waals surface area contributed by atoms with Crippen molar-refractivity contribution in [1.29, 1.82) is 5.26 Å². The summed E-state index contributed by atoms with van der Waals surface area (Å²) in [5.74, 6) is -0.890. The van der Waals surface area contributed by atoms with Crippen LogP contribution in [0.4, 0.5) is 0 Å². The standard InChI is InChI=1S/C22H18N2O3/c1-27-22(26)20(12-15-5-4-6-16(11-15)14-23)24-21(25)19-10-9-17-7-2-3-8-18(17)13-19/h2-11,13,20H,12H2,1H3,(H,24,25)/t20-/m1/s1. The number of fused-ring (bicyclic) bond motifs is 1. The molecule has 3 aromatic rings. The third-order valence-electron chi connectivity index (χ3n) is 4.30. The second kappa shape index (κ2) is 8.15. The van der Waals surface area contributed by atoms with Crippen molar-refractivity contribution in [3.63, 3.8) is 0 Å². The summed E-state index contributed by atoms with van der Waals surface area (Å²) in [6.07, 6.45) is 0.238. The first-order chi connectivity index (χ1) is 13.1. The highest BCUT2D eigenvalue weighted by atomic mass is 16.5. The van der Waals surface area contributed by atoms with E-state index in [0.717, 1.165) is 16.3 Å². The average molecular weight is 358 g/mol. The van der Waals surface area contributed by atoms with Gasteiger partial charge in [0, 0.05) is 12.0 Å². The number of nitrogens with one attached hydrogen (secondary N) is 1. The topological polar surface area (TPSA) is 79.2 Å². The summed E-state index contributed by atoms with van der Waals surface area (Å²) in [4.78, 5) is 24.8. The molecule has 0 saturated carbocycles. The molecule has 0 saturated heterocycles. The van der Waals surface area contributed by atoms with Gasteiger partial charge in [0.05, 0.1) is 18.7 Å². The first-order valence-corrected chi connectivity index (χ1v) is 8.47. The van der Waals surface area contributed by atoms with Gasteiger partial charge in [-0.15, -0.1) is 0 Å². The maximum Gasteiger partial charge on any atom is 0.328 e. The summed E-state index contributed by atoms with van der Waals surface area (Å²) in [5.41, 5.74) is 1.73. The third kappa shape index (κ3) is 4.31. The summed E-state index contributed by atoms with van der Waals surface area (Å²) < 4.78 is 4.83. The van der Waals surface area contributed by atoms with Crippen LogP contribution in [0.2, 0.25) is 0 Å². The quantitative estimate of drug-likeness (QED) is 0.710. The van der Waals surface area contributed by atoms with Gasteiger partial charge in [0.1, 0.15) is 6.04 Å². The smallest absolute Gasteiger partial charge is 0.328 e. The molecule has 27 heavy (non-hydrogen) atoms. The molecular formula is C22H18N2O3. The fourth-order valence-electron chi connectivity index (χ4n) is 2.91. The fraction of sp³-hybridized carbons (Fsp3) is 0.136. The fourth-order valence-corrected chi connectivity index (χ4v) is 2.91. The van der Waals surface area contributed by atoms with E-state index >= 15 is 0 Å². The van der Waals surface area contributed by atoms with Gasteiger partial charge < -0.3 is 10.1 Å². The van der Waals surface area contributed by atoms with Crippen LogP contribution in [0.15, 0.2) is 66.7 Å². The first-order valence-electron chi connectivity index (χ1n) is 8.47. The van der Waals surface area contributed by atoms with Gasteiger partial charge in [0.15, 0.2) is 0 Å². The van der Waals surface area contributed by atoms with Crippen LogP contribution in [0.3, 0.4) is 0 Å². The number of methoxy groups -OCH3 is 1. The number of hydrogen-bond donors (Lipinski definition) is 1. The Morgan fingerprint density at radius 1 is 1.04 bits per heavy atom. The molecule has 0 bridgehead atoms. The Bertz CT molecular complexity index is 1040. The number of nitrogens with zero attached hydrogens (tertiary/aromatic N) is 1. The van der Waals surface area contributed by atoms with Gasteiger partial charge in [-0.2, -0.15) is 5.26 Å². The number of rotatable bonds is 5. The Balaban J connectivity index is 1.81. The molecule has 0 radical (unpaired) electrons. The van der Waals surface area contributed by atoms with Gasteiger partial charge in [-0.3, -0.25) is 4.79 Å². The van der Waals surface area contributed by atoms with E-state index in [9.17, 15) is 9.59 Å². The predicted octanol–water partition coefficient (Wildman–Crippen LogP) is 3.23. The molecule has 0 heterocycles. The van der Waals surface area contributed by atoms with Crippen molar-refractivity contribution >= 4 is 22.6 Å². The zero-order valence-corrected chi connectivity index (χ0v) is 14.8. The Kier molecular flexibility index (Phi) is 5.48. The predicted molar refractivity (Wildman–Crippen MR) is 102 cm³/mol. The van der Waals surface area contributed by atoms with Crippen LogP contribution in [0, 0.1) is 11.3 Å². The summed E-state index contributed by atoms with van der Waals surface area (Å²) in [7, 11) is 1.28. The highest BCUT2D eigenvalue weighted by Crippen LogP contribution is 2.16. The number of benzene rings is 3. The molecule has 0 aliphatic carbocycles. The number of nitriles is 1. The van der Waals surface area contributed by atoms with Gasteiger partial charge in [0.2, 0.25) is 0 Å². The Labute approximate surface area is 157 Å². The van der Waals surface area contributed by atoms with Crippen LogP contribution in [0.1, 0.15) is 21.5 Å². The molecule has 0 unspecified atom stereocenters. The lowest BCUT2D eigenvalue weighted by molar-refractivity contribution is -0.142. The largest absolute Gasteiger partial charge is 0.467 e. The lowest BCUT2D eigenvalue weighted by Crippen LogP contribution is -2.43. The van der Waals surface area contributed by atoms with E-state index < -0.39 is 12.0 Å². The summed E-state index contributed by atoms with van der Waals surface area (Å²) in [6, 6.07) is 21.3. The lowest BCUT2D eigenvalue weighted by Gasteiger charge is -2.17. The number of carbonyl (C=O) groups excluding carboxylic acids is 2. The van der Waals surface area contributed by atoms with E-state index in [4.69, 9.17) is 10.00 Å². The monoisotopic (exact) mass is 358 g/mol. The van der Waals surface area contributed by atoms with Crippen molar-refractivity contribution in [3.8, 4) is 6.07 Å². The number of carbonyl (C=O) groups is 2. The molecule has 1 atom stereocenters. The van der Waals surface area contributed by atoms with Gasteiger partial charge >= 0.3 is 5.97 Å². The number of ether oxygens (including phenoxy) is 1. The molecule has 0 aliphatic rings. The molecule has 0 aromatic heterocycles. The van der Waals surface area contributed by atoms with E-state index in [2.05, 4.69) is 11.4 Å². The van der Waals surface area contributed by atoms with E-state index in [1.807, 2.05) is 30.3 Å². The van der Waals surface area contributed by atoms with Gasteiger partial charge in [-0.05, 0) is 40.6 Å². The van der Waals surface area contributed by atoms with Crippen molar-refractivity contribution < 1.29 is 14.3 Å². The molecule has 3 rings (SSSR count). The molecule has 3 aromatic carbocycles. The van der Waals surface area contributed by atoms with Crippen LogP contribution in [0.5, 0.6) is 0 Å². The van der Waals surface area contributed by atoms with E-state index in [1.165, 1.54) is 7.11 Å². The average Bonchev–Trinajstić information content (AvgIpc) is 2.72. The van der Waals surface area contributed by atoms with Gasteiger partial charge in [0.25, 0.3) is 5.91 Å². The molecular weight excluding hydrogens is 340 g/mol. The lowest BCUT2D eigenvalue weighted by atomic mass is 10.0. The van der Waals surface area contributed by atoms with Crippen LogP contribution in [-0.4, -0.2) is 25.0 Å². The summed E-state index contributed by atoms with van der Waals surface area (Å²) in [6.45, 7) is 0. The minimum Gasteiger partial charge on any atom is -0.467 e. The van der Waals surface area contributed by atoms with Crippen molar-refractivity contribution in [2.24, 2.45) is 0 Å². The van der Waals surface area contributed by atoms with Crippen molar-refractivity contribution in [1.82, 2.24) is 5.32 Å². The molecule has 5 nitrogen and oxygen atoms in total. The van der Waals surface area contributed by atoms with E-state index in [1.54, 1.807) is 36.4 Å². The van der Waals surface area contributed by atoms with E-state index in [-0.39, 0.29) is 12.3 Å². The minimum absolute atomic E-state index is 0.238. The summed E-state index contributed by atoms with van der Waals surface area (Å²) in [5, 5.41) is 13.7. The zero-order chi connectivity index (χ0) is 19.2. The second-order valence-electron chi connectivity index (χ2n) is 6.13. The number of hydrogen-bond acceptors (Lipinski definition) is 4. The normalized spacial score (nSPS) is 11.4. The second-order valence-corrected chi connectivity index (χ2v) is 6.13. The molecule has 0 fully saturated rings. The Hall–Kier alpha value is -3.65. The maximum absolute atomic E-state index is 12.7. The molecule has 1 amide bonds. The highest BCUT2D eigenvalue weighted by molar-refractivity contribution is 6.00. The zero-order valence-electron chi connectivity index (χ0n) is 14.8. The SMILES string of the molecule is COC(=O)[C@@H](Cc1cccc(C#N)c1)NC(=O)c1ccc2ccccc2c1. The highest BCUT2D eigenvalue weighted by Gasteiger charge is 2.23. The van der Waals surface area contributed by atoms with E-state index in [0.29, 0.717) is 11.1 Å². The first kappa shape index (κ1) is 18.2. The number of amides is 1. The summed E-state index contributed by atoms with van der Waals surface area (Å²) >= 11 is 0. The molecule has 5 heteroatoms. The minimum atomic E-state index is -0.845. The Morgan fingerprint density at radius 3 is 2.56 bits per heavy atom. The van der Waals surface area contributed by atoms with Crippen molar-refractivity contribution in [3.05, 3.63) is 83.4 Å². The van der Waals surface area contributed by atoms with Crippen molar-refractivity contribution in [2.45, 2.75) is 12.5 Å². The number of esters is 1. The van der Waals surface area contributed by atoms with Gasteiger partial charge in [-0.1, -0.05) is 42.5 Å². The maximum atomic E-state index is 12.7. The molecule has 0 aliphatic heterocycles.